The minimum atomic E-state index is -4.31. The smallest absolute Gasteiger partial charge is 0.266 e. The van der Waals surface area contributed by atoms with Gasteiger partial charge >= 0.3 is 0 Å². The minimum Gasteiger partial charge on any atom is -0.391 e. The molecule has 0 saturated carbocycles. The first-order valence-electron chi connectivity index (χ1n) is 15.3. The number of aliphatic hydroxyl groups excluding tert-OH is 1. The zero-order valence-corrected chi connectivity index (χ0v) is 25.6. The zero-order valence-electron chi connectivity index (χ0n) is 24.7. The van der Waals surface area contributed by atoms with Crippen molar-refractivity contribution in [2.75, 3.05) is 5.75 Å². The summed E-state index contributed by atoms with van der Waals surface area (Å²) >= 11 is 0. The highest BCUT2D eigenvalue weighted by atomic mass is 32.2. The second kappa shape index (κ2) is 26.5. The molecule has 0 aliphatic rings. The van der Waals surface area contributed by atoms with Gasteiger partial charge in [-0.2, -0.15) is 8.42 Å². The Morgan fingerprint density at radius 3 is 1.77 bits per heavy atom. The van der Waals surface area contributed by atoms with E-state index in [9.17, 15) is 22.9 Å². The van der Waals surface area contributed by atoms with Gasteiger partial charge in [-0.1, -0.05) is 120 Å². The highest BCUT2D eigenvalue weighted by Crippen LogP contribution is 2.13. The van der Waals surface area contributed by atoms with E-state index in [-0.39, 0.29) is 12.3 Å². The van der Waals surface area contributed by atoms with Crippen molar-refractivity contribution in [2.24, 2.45) is 0 Å². The number of amides is 1. The molecule has 0 aliphatic carbocycles. The zero-order chi connectivity index (χ0) is 29.0. The van der Waals surface area contributed by atoms with E-state index >= 15 is 0 Å². The molecule has 6 nitrogen and oxygen atoms in total. The van der Waals surface area contributed by atoms with Crippen LogP contribution in [0.3, 0.4) is 0 Å². The maximum atomic E-state index is 12.4. The van der Waals surface area contributed by atoms with Crippen LogP contribution in [0.5, 0.6) is 0 Å². The molecule has 0 aromatic rings. The van der Waals surface area contributed by atoms with Crippen LogP contribution in [-0.4, -0.2) is 41.9 Å². The van der Waals surface area contributed by atoms with Crippen LogP contribution in [0.15, 0.2) is 48.6 Å². The quantitative estimate of drug-likeness (QED) is 0.0558. The number of rotatable bonds is 26. The number of aliphatic hydroxyl groups is 1. The van der Waals surface area contributed by atoms with Gasteiger partial charge in [-0.05, 0) is 51.4 Å². The van der Waals surface area contributed by atoms with E-state index in [1.54, 1.807) is 0 Å². The molecule has 3 N–H and O–H groups in total. The van der Waals surface area contributed by atoms with Crippen molar-refractivity contribution in [3.05, 3.63) is 48.6 Å². The van der Waals surface area contributed by atoms with Crippen LogP contribution in [0.4, 0.5) is 0 Å². The largest absolute Gasteiger partial charge is 0.391 e. The summed E-state index contributed by atoms with van der Waals surface area (Å²) in [6.07, 6.45) is 33.5. The number of unbranched alkanes of at least 4 members (excludes halogenated alkanes) is 10. The summed E-state index contributed by atoms with van der Waals surface area (Å²) in [7, 11) is -4.31. The van der Waals surface area contributed by atoms with Gasteiger partial charge in [0.15, 0.2) is 0 Å². The van der Waals surface area contributed by atoms with Gasteiger partial charge in [0, 0.05) is 6.42 Å². The predicted molar refractivity (Wildman–Crippen MR) is 165 cm³/mol. The molecule has 0 aromatic carbocycles. The van der Waals surface area contributed by atoms with Crippen LogP contribution in [-0.2, 0) is 14.9 Å². The molecule has 0 aromatic heterocycles. The van der Waals surface area contributed by atoms with Gasteiger partial charge in [0.05, 0.1) is 17.9 Å². The lowest BCUT2D eigenvalue weighted by atomic mass is 10.0. The van der Waals surface area contributed by atoms with E-state index in [1.165, 1.54) is 38.5 Å². The maximum absolute atomic E-state index is 12.4. The third kappa shape index (κ3) is 27.7. The topological polar surface area (TPSA) is 104 Å². The van der Waals surface area contributed by atoms with Crippen LogP contribution in [0.2, 0.25) is 0 Å². The fourth-order valence-electron chi connectivity index (χ4n) is 4.27. The molecular weight excluding hydrogens is 510 g/mol. The lowest BCUT2D eigenvalue weighted by molar-refractivity contribution is -0.122. The number of hydrogen-bond donors (Lipinski definition) is 3. The Labute approximate surface area is 239 Å². The standard InChI is InChI=1S/C32H57NO5S/c1-3-5-7-9-11-13-14-15-16-17-18-20-22-24-26-28-32(35)33-30(29-39(36,37)38)31(34)27-25-23-21-19-12-10-8-6-4-2/h5,7,11,13,15-16,18,20,30-31,34H,3-4,6,8-10,12,14,17,19,21-29H2,1-2H3,(H,33,35)(H,36,37,38)/b7-5-,13-11-,16-15-,20-18-. The first-order valence-corrected chi connectivity index (χ1v) is 16.9. The summed E-state index contributed by atoms with van der Waals surface area (Å²) in [6.45, 7) is 4.34. The third-order valence-electron chi connectivity index (χ3n) is 6.55. The van der Waals surface area contributed by atoms with Crippen LogP contribution < -0.4 is 5.32 Å². The average Bonchev–Trinajstić information content (AvgIpc) is 2.88. The molecule has 0 radical (unpaired) electrons. The van der Waals surface area contributed by atoms with Crippen LogP contribution in [0.25, 0.3) is 0 Å². The van der Waals surface area contributed by atoms with Crippen molar-refractivity contribution >= 4 is 16.0 Å². The summed E-state index contributed by atoms with van der Waals surface area (Å²) in [5.74, 6) is -0.959. The second-order valence-electron chi connectivity index (χ2n) is 10.4. The summed E-state index contributed by atoms with van der Waals surface area (Å²) < 4.78 is 32.2. The molecule has 0 aliphatic heterocycles. The first kappa shape index (κ1) is 37.3. The fraction of sp³-hybridized carbons (Fsp3) is 0.719. The van der Waals surface area contributed by atoms with E-state index < -0.39 is 28.0 Å². The molecular formula is C32H57NO5S. The summed E-state index contributed by atoms with van der Waals surface area (Å²) in [4.78, 5) is 12.4. The van der Waals surface area contributed by atoms with Gasteiger partial charge < -0.3 is 10.4 Å². The van der Waals surface area contributed by atoms with Gasteiger partial charge in [0.25, 0.3) is 10.1 Å². The summed E-state index contributed by atoms with van der Waals surface area (Å²) in [5, 5.41) is 13.2. The second-order valence-corrected chi connectivity index (χ2v) is 11.9. The number of hydrogen-bond acceptors (Lipinski definition) is 4. The molecule has 1 amide bonds. The minimum absolute atomic E-state index is 0.264. The lowest BCUT2D eigenvalue weighted by Gasteiger charge is -2.23. The van der Waals surface area contributed by atoms with Crippen molar-refractivity contribution < 1.29 is 22.9 Å². The third-order valence-corrected chi connectivity index (χ3v) is 7.33. The van der Waals surface area contributed by atoms with Gasteiger partial charge in [-0.3, -0.25) is 9.35 Å². The number of carbonyl (C=O) groups is 1. The first-order chi connectivity index (χ1) is 18.8. The maximum Gasteiger partial charge on any atom is 0.266 e. The summed E-state index contributed by atoms with van der Waals surface area (Å²) in [6, 6.07) is -0.990. The predicted octanol–water partition coefficient (Wildman–Crippen LogP) is 8.01. The van der Waals surface area contributed by atoms with Crippen molar-refractivity contribution in [1.29, 1.82) is 0 Å². The lowest BCUT2D eigenvalue weighted by Crippen LogP contribution is -2.47. The van der Waals surface area contributed by atoms with Crippen molar-refractivity contribution in [3.8, 4) is 0 Å². The normalized spacial score (nSPS) is 14.3. The van der Waals surface area contributed by atoms with Crippen molar-refractivity contribution in [1.82, 2.24) is 5.32 Å². The van der Waals surface area contributed by atoms with Crippen LogP contribution in [0, 0.1) is 0 Å². The van der Waals surface area contributed by atoms with E-state index in [1.807, 2.05) is 0 Å². The number of carbonyl (C=O) groups excluding carboxylic acids is 1. The highest BCUT2D eigenvalue weighted by molar-refractivity contribution is 7.85. The summed E-state index contributed by atoms with van der Waals surface area (Å²) in [5.41, 5.74) is 0. The van der Waals surface area contributed by atoms with Crippen molar-refractivity contribution in [3.63, 3.8) is 0 Å². The van der Waals surface area contributed by atoms with E-state index in [0.29, 0.717) is 12.8 Å². The molecule has 0 bridgehead atoms. The van der Waals surface area contributed by atoms with Gasteiger partial charge in [-0.15, -0.1) is 0 Å². The molecule has 2 unspecified atom stereocenters. The molecule has 39 heavy (non-hydrogen) atoms. The van der Waals surface area contributed by atoms with Gasteiger partial charge in [0.1, 0.15) is 0 Å². The molecule has 0 fully saturated rings. The van der Waals surface area contributed by atoms with Crippen LogP contribution in [0.1, 0.15) is 129 Å². The van der Waals surface area contributed by atoms with Gasteiger partial charge in [0.2, 0.25) is 5.91 Å². The fourth-order valence-corrected chi connectivity index (χ4v) is 5.02. The Bertz CT molecular complexity index is 801. The van der Waals surface area contributed by atoms with Crippen LogP contribution >= 0.6 is 0 Å². The van der Waals surface area contributed by atoms with E-state index in [2.05, 4.69) is 67.8 Å². The Kier molecular flexibility index (Phi) is 25.4. The molecule has 226 valence electrons. The molecule has 0 heterocycles. The molecule has 0 rings (SSSR count). The number of nitrogens with one attached hydrogen (secondary N) is 1. The molecule has 0 spiro atoms. The Morgan fingerprint density at radius 1 is 0.718 bits per heavy atom. The monoisotopic (exact) mass is 567 g/mol. The average molecular weight is 568 g/mol. The Hall–Kier alpha value is -1.70. The molecule has 2 atom stereocenters. The molecule has 7 heteroatoms. The SMILES string of the molecule is CC/C=C\C/C=C\C/C=C\C/C=C\CCCCC(=O)NC(CS(=O)(=O)O)C(O)CCCCCCCCCCC. The number of allylic oxidation sites excluding steroid dienone is 8. The Balaban J connectivity index is 4.12. The molecule has 0 saturated heterocycles. The van der Waals surface area contributed by atoms with E-state index in [4.69, 9.17) is 0 Å². The Morgan fingerprint density at radius 2 is 1.23 bits per heavy atom. The van der Waals surface area contributed by atoms with Crippen molar-refractivity contribution in [2.45, 2.75) is 142 Å². The highest BCUT2D eigenvalue weighted by Gasteiger charge is 2.25. The van der Waals surface area contributed by atoms with E-state index in [0.717, 1.165) is 57.8 Å². The van der Waals surface area contributed by atoms with Gasteiger partial charge in [-0.25, -0.2) is 0 Å².